The van der Waals surface area contributed by atoms with E-state index in [1.807, 2.05) is 4.90 Å². The number of amides is 2. The minimum atomic E-state index is -0.751. The van der Waals surface area contributed by atoms with Crippen LogP contribution in [-0.2, 0) is 4.79 Å². The standard InChI is InChI=1S/C26H22ClFN6O3/c27-17-3-7-19(8-4-17)37-15-22(35)33-11-13-34(14-12-33)26-23-21(31-25(32-26)24(29)36)10-9-20(30-23)16-1-5-18(28)6-2-16/h1-10H,11-15H2,(H2,29,36). The molecule has 4 aromatic rings. The fourth-order valence-corrected chi connectivity index (χ4v) is 4.17. The van der Waals surface area contributed by atoms with Gasteiger partial charge in [-0.05, 0) is 60.7 Å². The van der Waals surface area contributed by atoms with E-state index in [4.69, 9.17) is 27.1 Å². The number of ether oxygens (including phenoxy) is 1. The fourth-order valence-electron chi connectivity index (χ4n) is 4.05. The van der Waals surface area contributed by atoms with Crippen molar-refractivity contribution in [3.63, 3.8) is 0 Å². The van der Waals surface area contributed by atoms with Gasteiger partial charge in [-0.25, -0.2) is 19.3 Å². The Labute approximate surface area is 216 Å². The predicted octanol–water partition coefficient (Wildman–Crippen LogP) is 3.31. The maximum absolute atomic E-state index is 13.4. The van der Waals surface area contributed by atoms with Gasteiger partial charge >= 0.3 is 0 Å². The van der Waals surface area contributed by atoms with E-state index in [0.29, 0.717) is 59.5 Å². The van der Waals surface area contributed by atoms with Gasteiger partial charge in [0, 0.05) is 36.8 Å². The summed E-state index contributed by atoms with van der Waals surface area (Å²) in [5.41, 5.74) is 7.75. The van der Waals surface area contributed by atoms with E-state index in [-0.39, 0.29) is 24.2 Å². The summed E-state index contributed by atoms with van der Waals surface area (Å²) in [6.07, 6.45) is 0. The van der Waals surface area contributed by atoms with Crippen LogP contribution in [0.5, 0.6) is 5.75 Å². The lowest BCUT2D eigenvalue weighted by Crippen LogP contribution is -2.50. The molecule has 2 aromatic carbocycles. The number of pyridine rings is 1. The molecule has 1 aliphatic heterocycles. The Morgan fingerprint density at radius 3 is 2.30 bits per heavy atom. The smallest absolute Gasteiger partial charge is 0.286 e. The highest BCUT2D eigenvalue weighted by atomic mass is 35.5. The Balaban J connectivity index is 1.35. The van der Waals surface area contributed by atoms with Gasteiger partial charge < -0.3 is 20.3 Å². The molecule has 2 amide bonds. The zero-order valence-electron chi connectivity index (χ0n) is 19.6. The van der Waals surface area contributed by atoms with Gasteiger partial charge in [-0.1, -0.05) is 11.6 Å². The summed E-state index contributed by atoms with van der Waals surface area (Å²) in [5, 5.41) is 0.589. The molecule has 1 aliphatic rings. The number of hydrogen-bond acceptors (Lipinski definition) is 7. The molecule has 188 valence electrons. The second-order valence-corrected chi connectivity index (χ2v) is 8.85. The van der Waals surface area contributed by atoms with Crippen molar-refractivity contribution in [1.29, 1.82) is 0 Å². The molecule has 0 saturated carbocycles. The maximum atomic E-state index is 13.4. The molecule has 0 radical (unpaired) electrons. The predicted molar refractivity (Wildman–Crippen MR) is 137 cm³/mol. The van der Waals surface area contributed by atoms with E-state index in [0.717, 1.165) is 5.56 Å². The molecule has 0 atom stereocenters. The Morgan fingerprint density at radius 1 is 0.919 bits per heavy atom. The molecule has 0 spiro atoms. The van der Waals surface area contributed by atoms with Gasteiger partial charge in [0.2, 0.25) is 5.82 Å². The summed E-state index contributed by atoms with van der Waals surface area (Å²) >= 11 is 5.88. The third kappa shape index (κ3) is 5.44. The molecule has 0 aliphatic carbocycles. The number of rotatable bonds is 6. The molecule has 37 heavy (non-hydrogen) atoms. The lowest BCUT2D eigenvalue weighted by Gasteiger charge is -2.35. The number of nitrogens with two attached hydrogens (primary N) is 1. The van der Waals surface area contributed by atoms with Gasteiger partial charge in [0.1, 0.15) is 17.1 Å². The Bertz CT molecular complexity index is 1460. The van der Waals surface area contributed by atoms with Gasteiger partial charge in [0.05, 0.1) is 11.2 Å². The van der Waals surface area contributed by atoms with E-state index in [9.17, 15) is 14.0 Å². The molecule has 2 N–H and O–H groups in total. The van der Waals surface area contributed by atoms with Crippen molar-refractivity contribution >= 4 is 40.3 Å². The monoisotopic (exact) mass is 520 g/mol. The van der Waals surface area contributed by atoms with Crippen molar-refractivity contribution in [3.8, 4) is 17.0 Å². The molecular formula is C26H22ClFN6O3. The van der Waals surface area contributed by atoms with Crippen LogP contribution in [0.2, 0.25) is 5.02 Å². The van der Waals surface area contributed by atoms with Gasteiger partial charge in [0.15, 0.2) is 12.4 Å². The van der Waals surface area contributed by atoms with Crippen LogP contribution in [0.25, 0.3) is 22.3 Å². The first kappa shape index (κ1) is 24.4. The second kappa shape index (κ2) is 10.4. The highest BCUT2D eigenvalue weighted by molar-refractivity contribution is 6.30. The quantitative estimate of drug-likeness (QED) is 0.415. The number of carbonyl (C=O) groups is 2. The molecular weight excluding hydrogens is 499 g/mol. The number of halogens is 2. The number of fused-ring (bicyclic) bond motifs is 1. The molecule has 0 bridgehead atoms. The number of anilines is 1. The summed E-state index contributed by atoms with van der Waals surface area (Å²) < 4.78 is 19.0. The van der Waals surface area contributed by atoms with Crippen LogP contribution in [0.3, 0.4) is 0 Å². The number of aromatic nitrogens is 3. The Hall–Kier alpha value is -4.31. The number of piperazine rings is 1. The largest absolute Gasteiger partial charge is 0.484 e. The molecule has 5 rings (SSSR count). The number of primary amides is 1. The van der Waals surface area contributed by atoms with E-state index >= 15 is 0 Å². The summed E-state index contributed by atoms with van der Waals surface area (Å²) in [4.78, 5) is 41.6. The highest BCUT2D eigenvalue weighted by Gasteiger charge is 2.25. The van der Waals surface area contributed by atoms with E-state index in [2.05, 4.69) is 9.97 Å². The van der Waals surface area contributed by atoms with Gasteiger partial charge in [-0.3, -0.25) is 9.59 Å². The first-order chi connectivity index (χ1) is 17.9. The Kier molecular flexibility index (Phi) is 6.82. The lowest BCUT2D eigenvalue weighted by atomic mass is 10.1. The van der Waals surface area contributed by atoms with Crippen molar-refractivity contribution in [1.82, 2.24) is 19.9 Å². The summed E-state index contributed by atoms with van der Waals surface area (Å²) in [6, 6.07) is 16.3. The maximum Gasteiger partial charge on any atom is 0.286 e. The van der Waals surface area contributed by atoms with E-state index in [1.54, 1.807) is 53.4 Å². The molecule has 0 unspecified atom stereocenters. The molecule has 1 fully saturated rings. The van der Waals surface area contributed by atoms with Crippen molar-refractivity contribution in [2.75, 3.05) is 37.7 Å². The lowest BCUT2D eigenvalue weighted by molar-refractivity contribution is -0.133. The van der Waals surface area contributed by atoms with Crippen molar-refractivity contribution in [3.05, 3.63) is 77.3 Å². The normalized spacial score (nSPS) is 13.6. The molecule has 11 heteroatoms. The summed E-state index contributed by atoms with van der Waals surface area (Å²) in [5.74, 6) is -0.340. The van der Waals surface area contributed by atoms with E-state index in [1.165, 1.54) is 12.1 Å². The minimum Gasteiger partial charge on any atom is -0.484 e. The third-order valence-electron chi connectivity index (χ3n) is 5.99. The summed E-state index contributed by atoms with van der Waals surface area (Å²) in [7, 11) is 0. The van der Waals surface area contributed by atoms with Crippen LogP contribution < -0.4 is 15.4 Å². The Morgan fingerprint density at radius 2 is 1.62 bits per heavy atom. The van der Waals surface area contributed by atoms with Crippen LogP contribution in [-0.4, -0.2) is 64.5 Å². The summed E-state index contributed by atoms with van der Waals surface area (Å²) in [6.45, 7) is 1.68. The van der Waals surface area contributed by atoms with Crippen LogP contribution in [0.1, 0.15) is 10.6 Å². The number of carbonyl (C=O) groups excluding carboxylic acids is 2. The zero-order valence-corrected chi connectivity index (χ0v) is 20.4. The van der Waals surface area contributed by atoms with Crippen molar-refractivity contribution in [2.24, 2.45) is 5.73 Å². The first-order valence-electron chi connectivity index (χ1n) is 11.5. The molecule has 3 heterocycles. The zero-order chi connectivity index (χ0) is 25.9. The minimum absolute atomic E-state index is 0.0908. The van der Waals surface area contributed by atoms with E-state index < -0.39 is 5.91 Å². The number of hydrogen-bond donors (Lipinski definition) is 1. The van der Waals surface area contributed by atoms with Crippen LogP contribution in [0, 0.1) is 5.82 Å². The van der Waals surface area contributed by atoms with Crippen molar-refractivity contribution < 1.29 is 18.7 Å². The van der Waals surface area contributed by atoms with Crippen LogP contribution >= 0.6 is 11.6 Å². The van der Waals surface area contributed by atoms with Gasteiger partial charge in [-0.2, -0.15) is 0 Å². The second-order valence-electron chi connectivity index (χ2n) is 8.42. The molecule has 9 nitrogen and oxygen atoms in total. The average Bonchev–Trinajstić information content (AvgIpc) is 2.92. The molecule has 2 aromatic heterocycles. The molecule has 1 saturated heterocycles. The number of nitrogens with zero attached hydrogens (tertiary/aromatic N) is 5. The fraction of sp³-hybridized carbons (Fsp3) is 0.192. The number of benzene rings is 2. The third-order valence-corrected chi connectivity index (χ3v) is 6.24. The van der Waals surface area contributed by atoms with Crippen LogP contribution in [0.4, 0.5) is 10.2 Å². The van der Waals surface area contributed by atoms with Gasteiger partial charge in [-0.15, -0.1) is 0 Å². The van der Waals surface area contributed by atoms with Gasteiger partial charge in [0.25, 0.3) is 11.8 Å². The van der Waals surface area contributed by atoms with Crippen molar-refractivity contribution in [2.45, 2.75) is 0 Å². The SMILES string of the molecule is NC(=O)c1nc(N2CCN(C(=O)COc3ccc(Cl)cc3)CC2)c2nc(-c3ccc(F)cc3)ccc2n1. The topological polar surface area (TPSA) is 115 Å². The first-order valence-corrected chi connectivity index (χ1v) is 11.9. The highest BCUT2D eigenvalue weighted by Crippen LogP contribution is 2.27. The average molecular weight is 521 g/mol. The van der Waals surface area contributed by atoms with Crippen LogP contribution in [0.15, 0.2) is 60.7 Å².